The molecule has 2 aliphatic heterocycles. The van der Waals surface area contributed by atoms with E-state index in [1.807, 2.05) is 24.0 Å². The summed E-state index contributed by atoms with van der Waals surface area (Å²) in [5.41, 5.74) is 1.29. The molecule has 0 aliphatic carbocycles. The average Bonchev–Trinajstić information content (AvgIpc) is 3.29. The molecule has 1 aromatic carbocycles. The van der Waals surface area contributed by atoms with E-state index >= 15 is 0 Å². The summed E-state index contributed by atoms with van der Waals surface area (Å²) in [6, 6.07) is 8.65. The molecule has 2 aliphatic rings. The molecule has 3 atom stereocenters. The number of carbonyl (C=O) groups excluding carboxylic acids is 1. The van der Waals surface area contributed by atoms with Crippen LogP contribution in [0.15, 0.2) is 24.3 Å². The van der Waals surface area contributed by atoms with Crippen LogP contribution in [0.25, 0.3) is 0 Å². The minimum atomic E-state index is 0.120. The van der Waals surface area contributed by atoms with Gasteiger partial charge in [0.25, 0.3) is 0 Å². The molecule has 138 valence electrons. The molecule has 26 heavy (non-hydrogen) atoms. The zero-order valence-electron chi connectivity index (χ0n) is 15.5. The molecule has 2 saturated heterocycles. The van der Waals surface area contributed by atoms with Gasteiger partial charge in [0.2, 0.25) is 5.91 Å². The number of ether oxygens (including phenoxy) is 1. The Bertz CT molecular complexity index is 787. The number of methoxy groups -OCH3 is 1. The highest BCUT2D eigenvalue weighted by Crippen LogP contribution is 2.44. The molecule has 7 nitrogen and oxygen atoms in total. The molecule has 4 rings (SSSR count). The van der Waals surface area contributed by atoms with Crippen molar-refractivity contribution >= 4 is 5.91 Å². The van der Waals surface area contributed by atoms with Crippen LogP contribution >= 0.6 is 0 Å². The van der Waals surface area contributed by atoms with E-state index in [0.717, 1.165) is 31.2 Å². The molecule has 2 fully saturated rings. The fourth-order valence-electron chi connectivity index (χ4n) is 4.48. The highest BCUT2D eigenvalue weighted by Gasteiger charge is 2.47. The lowest BCUT2D eigenvalue weighted by molar-refractivity contribution is -0.130. The monoisotopic (exact) mass is 355 g/mol. The molecule has 1 N–H and O–H groups in total. The van der Waals surface area contributed by atoms with Gasteiger partial charge in [-0.2, -0.15) is 5.10 Å². The van der Waals surface area contributed by atoms with Gasteiger partial charge >= 0.3 is 0 Å². The number of nitrogens with zero attached hydrogens (tertiary/aromatic N) is 4. The Balaban J connectivity index is 1.46. The maximum Gasteiger partial charge on any atom is 0.230 e. The maximum absolute atomic E-state index is 12.7. The molecule has 0 spiro atoms. The van der Waals surface area contributed by atoms with E-state index < -0.39 is 0 Å². The molecule has 0 radical (unpaired) electrons. The number of aromatic amines is 1. The van der Waals surface area contributed by atoms with Crippen LogP contribution in [0.4, 0.5) is 0 Å². The van der Waals surface area contributed by atoms with E-state index in [0.29, 0.717) is 23.7 Å². The van der Waals surface area contributed by atoms with Crippen molar-refractivity contribution in [1.82, 2.24) is 25.0 Å². The van der Waals surface area contributed by atoms with Crippen LogP contribution in [0.1, 0.15) is 23.3 Å². The second-order valence-electron chi connectivity index (χ2n) is 7.39. The van der Waals surface area contributed by atoms with Crippen LogP contribution in [0, 0.1) is 18.8 Å². The Morgan fingerprint density at radius 3 is 2.69 bits per heavy atom. The number of hydrogen-bond acceptors (Lipinski definition) is 5. The van der Waals surface area contributed by atoms with Crippen LogP contribution in [0.3, 0.4) is 0 Å². The van der Waals surface area contributed by atoms with E-state index in [9.17, 15) is 4.79 Å². The van der Waals surface area contributed by atoms with Crippen molar-refractivity contribution in [2.75, 3.05) is 33.8 Å². The largest absolute Gasteiger partial charge is 0.497 e. The van der Waals surface area contributed by atoms with E-state index in [4.69, 9.17) is 4.74 Å². The minimum Gasteiger partial charge on any atom is -0.497 e. The van der Waals surface area contributed by atoms with Crippen molar-refractivity contribution in [1.29, 1.82) is 0 Å². The summed E-state index contributed by atoms with van der Waals surface area (Å²) in [4.78, 5) is 21.3. The minimum absolute atomic E-state index is 0.120. The molecule has 2 aromatic rings. The molecule has 0 saturated carbocycles. The predicted molar refractivity (Wildman–Crippen MR) is 96.7 cm³/mol. The topological polar surface area (TPSA) is 74.3 Å². The number of aromatic nitrogens is 3. The number of likely N-dealkylation sites (tertiary alicyclic amines) is 2. The SMILES string of the molecule is COc1ccc([C@H]2[C@@H]3CN(C(=O)Cc4n[nH]c(C)n4)C[C@@H]3CN2C)cc1. The standard InChI is InChI=1S/C19H25N5O2/c1-12-20-17(22-21-12)8-18(25)24-10-14-9-23(2)19(16(14)11-24)13-4-6-15(26-3)7-5-13/h4-7,14,16,19H,8-11H2,1-3H3,(H,20,21,22)/t14-,16+,19-/m0/s1. The summed E-state index contributed by atoms with van der Waals surface area (Å²) in [5, 5.41) is 6.89. The number of H-pyrrole nitrogens is 1. The van der Waals surface area contributed by atoms with Crippen molar-refractivity contribution in [2.24, 2.45) is 11.8 Å². The van der Waals surface area contributed by atoms with Gasteiger partial charge in [0.1, 0.15) is 11.6 Å². The third-order valence-electron chi connectivity index (χ3n) is 5.66. The number of rotatable bonds is 4. The van der Waals surface area contributed by atoms with Gasteiger partial charge in [0.05, 0.1) is 13.5 Å². The summed E-state index contributed by atoms with van der Waals surface area (Å²) in [6.07, 6.45) is 0.271. The summed E-state index contributed by atoms with van der Waals surface area (Å²) in [6.45, 7) is 4.49. The maximum atomic E-state index is 12.7. The van der Waals surface area contributed by atoms with Crippen molar-refractivity contribution in [3.63, 3.8) is 0 Å². The molecule has 7 heteroatoms. The quantitative estimate of drug-likeness (QED) is 0.898. The number of amides is 1. The van der Waals surface area contributed by atoms with Gasteiger partial charge in [-0.25, -0.2) is 4.98 Å². The fraction of sp³-hybridized carbons (Fsp3) is 0.526. The molecule has 1 amide bonds. The van der Waals surface area contributed by atoms with Crippen LogP contribution in [0.5, 0.6) is 5.75 Å². The summed E-state index contributed by atoms with van der Waals surface area (Å²) >= 11 is 0. The number of benzene rings is 1. The van der Waals surface area contributed by atoms with Crippen molar-refractivity contribution in [3.05, 3.63) is 41.5 Å². The van der Waals surface area contributed by atoms with E-state index in [2.05, 4.69) is 39.3 Å². The Hall–Kier alpha value is -2.41. The number of hydrogen-bond donors (Lipinski definition) is 1. The highest BCUT2D eigenvalue weighted by molar-refractivity contribution is 5.78. The molecule has 3 heterocycles. The lowest BCUT2D eigenvalue weighted by Gasteiger charge is -2.27. The number of nitrogens with one attached hydrogen (secondary N) is 1. The van der Waals surface area contributed by atoms with Gasteiger partial charge in [-0.15, -0.1) is 0 Å². The fourth-order valence-corrected chi connectivity index (χ4v) is 4.48. The number of aryl methyl sites for hydroxylation is 1. The lowest BCUT2D eigenvalue weighted by atomic mass is 9.89. The predicted octanol–water partition coefficient (Wildman–Crippen LogP) is 1.43. The first-order valence-corrected chi connectivity index (χ1v) is 9.05. The Morgan fingerprint density at radius 1 is 1.27 bits per heavy atom. The first kappa shape index (κ1) is 17.0. The summed E-state index contributed by atoms with van der Waals surface area (Å²) < 4.78 is 5.27. The van der Waals surface area contributed by atoms with Crippen LogP contribution < -0.4 is 4.74 Å². The number of carbonyl (C=O) groups is 1. The second-order valence-corrected chi connectivity index (χ2v) is 7.39. The number of fused-ring (bicyclic) bond motifs is 1. The average molecular weight is 355 g/mol. The first-order chi connectivity index (χ1) is 12.5. The Morgan fingerprint density at radius 2 is 2.04 bits per heavy atom. The van der Waals surface area contributed by atoms with Gasteiger partial charge in [-0.1, -0.05) is 12.1 Å². The highest BCUT2D eigenvalue weighted by atomic mass is 16.5. The van der Waals surface area contributed by atoms with Gasteiger partial charge < -0.3 is 9.64 Å². The van der Waals surface area contributed by atoms with Crippen molar-refractivity contribution < 1.29 is 9.53 Å². The summed E-state index contributed by atoms with van der Waals surface area (Å²) in [7, 11) is 3.86. The van der Waals surface area contributed by atoms with Crippen molar-refractivity contribution in [2.45, 2.75) is 19.4 Å². The summed E-state index contributed by atoms with van der Waals surface area (Å²) in [5.74, 6) is 3.29. The van der Waals surface area contributed by atoms with E-state index in [1.54, 1.807) is 7.11 Å². The van der Waals surface area contributed by atoms with Gasteiger partial charge in [0, 0.05) is 31.6 Å². The van der Waals surface area contributed by atoms with Crippen LogP contribution in [-0.4, -0.2) is 64.7 Å². The Labute approximate surface area is 153 Å². The lowest BCUT2D eigenvalue weighted by Crippen LogP contribution is -2.34. The first-order valence-electron chi connectivity index (χ1n) is 9.05. The van der Waals surface area contributed by atoms with E-state index in [1.165, 1.54) is 5.56 Å². The second kappa shape index (κ2) is 6.72. The smallest absolute Gasteiger partial charge is 0.230 e. The van der Waals surface area contributed by atoms with Gasteiger partial charge in [-0.3, -0.25) is 14.8 Å². The normalized spacial score (nSPS) is 25.5. The molecular formula is C19H25N5O2. The zero-order valence-corrected chi connectivity index (χ0v) is 15.5. The third-order valence-corrected chi connectivity index (χ3v) is 5.66. The van der Waals surface area contributed by atoms with Crippen molar-refractivity contribution in [3.8, 4) is 5.75 Å². The molecule has 1 aromatic heterocycles. The van der Waals surface area contributed by atoms with Gasteiger partial charge in [0.15, 0.2) is 5.82 Å². The third kappa shape index (κ3) is 3.07. The van der Waals surface area contributed by atoms with E-state index in [-0.39, 0.29) is 12.3 Å². The van der Waals surface area contributed by atoms with Gasteiger partial charge in [-0.05, 0) is 37.6 Å². The zero-order chi connectivity index (χ0) is 18.3. The van der Waals surface area contributed by atoms with Crippen LogP contribution in [0.2, 0.25) is 0 Å². The molecule has 0 bridgehead atoms. The molecule has 0 unspecified atom stereocenters. The van der Waals surface area contributed by atoms with Crippen LogP contribution in [-0.2, 0) is 11.2 Å². The Kier molecular flexibility index (Phi) is 4.40. The molecular weight excluding hydrogens is 330 g/mol.